The Morgan fingerprint density at radius 1 is 1.24 bits per heavy atom. The molecule has 0 aromatic heterocycles. The first-order chi connectivity index (χ1) is 13.9. The molecule has 2 aliphatic rings. The van der Waals surface area contributed by atoms with Crippen LogP contribution in [-0.2, 0) is 11.3 Å². The van der Waals surface area contributed by atoms with Crippen LogP contribution in [0.25, 0.3) is 0 Å². The molecule has 0 spiro atoms. The maximum absolute atomic E-state index is 12.8. The summed E-state index contributed by atoms with van der Waals surface area (Å²) >= 11 is 0. The standard InChI is InChI=1S/C22H32N2O5/c1-14-5-3-4-6-17(14)18-12-16(9-10-24(18)22(27)28)21(26)23-13-15-7-8-19(25)20(11-15)29-2/h7-8,11,14,16-18,25H,3-6,9-10,12-13H2,1-2H3,(H,23,26)(H,27,28)/t14?,16?,17-,18+/m1/s1. The Balaban J connectivity index is 1.64. The van der Waals surface area contributed by atoms with Gasteiger partial charge in [0.1, 0.15) is 0 Å². The summed E-state index contributed by atoms with van der Waals surface area (Å²) in [5.41, 5.74) is 0.841. The molecule has 1 aromatic carbocycles. The van der Waals surface area contributed by atoms with E-state index in [1.807, 2.05) is 0 Å². The van der Waals surface area contributed by atoms with Gasteiger partial charge in [-0.3, -0.25) is 4.79 Å². The fraction of sp³-hybridized carbons (Fsp3) is 0.636. The lowest BCUT2D eigenvalue weighted by molar-refractivity contribution is -0.127. The number of ether oxygens (including phenoxy) is 1. The molecule has 2 fully saturated rings. The van der Waals surface area contributed by atoms with E-state index < -0.39 is 6.09 Å². The van der Waals surface area contributed by atoms with Crippen LogP contribution in [0.4, 0.5) is 4.79 Å². The number of phenolic OH excluding ortho intramolecular Hbond substituents is 1. The van der Waals surface area contributed by atoms with Crippen molar-refractivity contribution in [2.75, 3.05) is 13.7 Å². The maximum atomic E-state index is 12.8. The number of rotatable bonds is 5. The van der Waals surface area contributed by atoms with E-state index in [-0.39, 0.29) is 23.6 Å². The summed E-state index contributed by atoms with van der Waals surface area (Å²) in [6, 6.07) is 4.92. The van der Waals surface area contributed by atoms with E-state index in [4.69, 9.17) is 4.74 Å². The number of nitrogens with one attached hydrogen (secondary N) is 1. The highest BCUT2D eigenvalue weighted by molar-refractivity contribution is 5.79. The molecule has 4 atom stereocenters. The van der Waals surface area contributed by atoms with Crippen molar-refractivity contribution in [1.82, 2.24) is 10.2 Å². The van der Waals surface area contributed by atoms with Crippen molar-refractivity contribution in [2.45, 2.75) is 58.0 Å². The zero-order valence-corrected chi connectivity index (χ0v) is 17.3. The lowest BCUT2D eigenvalue weighted by Crippen LogP contribution is -2.53. The summed E-state index contributed by atoms with van der Waals surface area (Å²) in [5, 5.41) is 22.3. The van der Waals surface area contributed by atoms with Crippen LogP contribution in [0.3, 0.4) is 0 Å². The summed E-state index contributed by atoms with van der Waals surface area (Å²) in [7, 11) is 1.49. The number of methoxy groups -OCH3 is 1. The van der Waals surface area contributed by atoms with Crippen LogP contribution in [0.1, 0.15) is 51.0 Å². The molecule has 3 N–H and O–H groups in total. The smallest absolute Gasteiger partial charge is 0.407 e. The van der Waals surface area contributed by atoms with Crippen LogP contribution in [-0.4, -0.2) is 46.8 Å². The lowest BCUT2D eigenvalue weighted by atomic mass is 9.72. The summed E-state index contributed by atoms with van der Waals surface area (Å²) in [6.07, 6.45) is 4.78. The number of carboxylic acid groups (broad SMARTS) is 1. The molecule has 160 valence electrons. The van der Waals surface area contributed by atoms with E-state index in [1.54, 1.807) is 23.1 Å². The van der Waals surface area contributed by atoms with E-state index in [0.717, 1.165) is 24.8 Å². The molecule has 1 saturated carbocycles. The number of carbonyl (C=O) groups excluding carboxylic acids is 1. The Morgan fingerprint density at radius 3 is 2.69 bits per heavy atom. The Kier molecular flexibility index (Phi) is 6.87. The minimum absolute atomic E-state index is 0.0319. The molecular weight excluding hydrogens is 372 g/mol. The molecular formula is C22H32N2O5. The third kappa shape index (κ3) is 4.95. The number of benzene rings is 1. The largest absolute Gasteiger partial charge is 0.504 e. The van der Waals surface area contributed by atoms with Crippen LogP contribution in [0.2, 0.25) is 0 Å². The van der Waals surface area contributed by atoms with Crippen molar-refractivity contribution in [3.8, 4) is 11.5 Å². The SMILES string of the molecule is COc1cc(CNC(=O)C2CCN(C(=O)O)[C@H]([C@@H]3CCCCC3C)C2)ccc1O. The Hall–Kier alpha value is -2.44. The molecule has 1 aromatic rings. The van der Waals surface area contributed by atoms with Gasteiger partial charge in [-0.2, -0.15) is 0 Å². The number of phenols is 1. The highest BCUT2D eigenvalue weighted by atomic mass is 16.5. The van der Waals surface area contributed by atoms with Crippen LogP contribution in [0, 0.1) is 17.8 Å². The van der Waals surface area contributed by atoms with Gasteiger partial charge in [0.15, 0.2) is 11.5 Å². The highest BCUT2D eigenvalue weighted by Gasteiger charge is 2.41. The van der Waals surface area contributed by atoms with Gasteiger partial charge in [0, 0.05) is 25.0 Å². The van der Waals surface area contributed by atoms with Crippen molar-refractivity contribution < 1.29 is 24.5 Å². The summed E-state index contributed by atoms with van der Waals surface area (Å²) in [5.74, 6) is 1.05. The summed E-state index contributed by atoms with van der Waals surface area (Å²) in [6.45, 7) is 2.97. The third-order valence-electron chi connectivity index (χ3n) is 6.64. The van der Waals surface area contributed by atoms with Gasteiger partial charge in [0.05, 0.1) is 7.11 Å². The van der Waals surface area contributed by atoms with Gasteiger partial charge >= 0.3 is 6.09 Å². The number of hydrogen-bond donors (Lipinski definition) is 3. The first-order valence-electron chi connectivity index (χ1n) is 10.5. The number of piperidine rings is 1. The molecule has 1 heterocycles. The van der Waals surface area contributed by atoms with Crippen molar-refractivity contribution in [3.05, 3.63) is 23.8 Å². The molecule has 1 aliphatic carbocycles. The second-order valence-corrected chi connectivity index (χ2v) is 8.41. The second-order valence-electron chi connectivity index (χ2n) is 8.41. The predicted molar refractivity (Wildman–Crippen MR) is 109 cm³/mol. The van der Waals surface area contributed by atoms with Crippen molar-refractivity contribution in [1.29, 1.82) is 0 Å². The predicted octanol–water partition coefficient (Wildman–Crippen LogP) is 3.60. The topological polar surface area (TPSA) is 99.1 Å². The summed E-state index contributed by atoms with van der Waals surface area (Å²) in [4.78, 5) is 26.2. The van der Waals surface area contributed by atoms with Crippen molar-refractivity contribution >= 4 is 12.0 Å². The molecule has 2 amide bonds. The minimum atomic E-state index is -0.872. The molecule has 2 unspecified atom stereocenters. The molecule has 1 saturated heterocycles. The van der Waals surface area contributed by atoms with Crippen molar-refractivity contribution in [2.24, 2.45) is 17.8 Å². The van der Waals surface area contributed by atoms with E-state index in [0.29, 0.717) is 43.5 Å². The molecule has 3 rings (SSSR count). The quantitative estimate of drug-likeness (QED) is 0.696. The van der Waals surface area contributed by atoms with Crippen LogP contribution in [0.15, 0.2) is 18.2 Å². The van der Waals surface area contributed by atoms with Gasteiger partial charge in [0.2, 0.25) is 5.91 Å². The molecule has 7 heteroatoms. The Labute approximate surface area is 172 Å². The maximum Gasteiger partial charge on any atom is 0.407 e. The molecule has 1 aliphatic heterocycles. The van der Waals surface area contributed by atoms with E-state index in [1.165, 1.54) is 13.5 Å². The normalized spacial score (nSPS) is 27.3. The summed E-state index contributed by atoms with van der Waals surface area (Å²) < 4.78 is 5.11. The zero-order valence-electron chi connectivity index (χ0n) is 17.3. The first-order valence-corrected chi connectivity index (χ1v) is 10.5. The van der Waals surface area contributed by atoms with Gasteiger partial charge < -0.3 is 25.2 Å². The van der Waals surface area contributed by atoms with Crippen LogP contribution >= 0.6 is 0 Å². The van der Waals surface area contributed by atoms with Crippen molar-refractivity contribution in [3.63, 3.8) is 0 Å². The number of nitrogens with zero attached hydrogens (tertiary/aromatic N) is 1. The average molecular weight is 405 g/mol. The molecule has 0 radical (unpaired) electrons. The molecule has 7 nitrogen and oxygen atoms in total. The Bertz CT molecular complexity index is 738. The fourth-order valence-corrected chi connectivity index (χ4v) is 4.96. The van der Waals surface area contributed by atoms with E-state index in [9.17, 15) is 19.8 Å². The number of likely N-dealkylation sites (tertiary alicyclic amines) is 1. The molecule has 29 heavy (non-hydrogen) atoms. The van der Waals surface area contributed by atoms with E-state index in [2.05, 4.69) is 12.2 Å². The second kappa shape index (κ2) is 9.37. The lowest BCUT2D eigenvalue weighted by Gasteiger charge is -2.45. The fourth-order valence-electron chi connectivity index (χ4n) is 4.96. The Morgan fingerprint density at radius 2 is 2.00 bits per heavy atom. The number of hydrogen-bond acceptors (Lipinski definition) is 4. The zero-order chi connectivity index (χ0) is 21.0. The van der Waals surface area contributed by atoms with Gasteiger partial charge in [-0.05, 0) is 48.8 Å². The first kappa shape index (κ1) is 21.3. The van der Waals surface area contributed by atoms with Gasteiger partial charge in [-0.15, -0.1) is 0 Å². The molecule has 0 bridgehead atoms. The van der Waals surface area contributed by atoms with Gasteiger partial charge in [-0.25, -0.2) is 4.79 Å². The van der Waals surface area contributed by atoms with E-state index >= 15 is 0 Å². The van der Waals surface area contributed by atoms with Gasteiger partial charge in [-0.1, -0.05) is 32.3 Å². The monoisotopic (exact) mass is 404 g/mol. The number of aromatic hydroxyl groups is 1. The minimum Gasteiger partial charge on any atom is -0.504 e. The van der Waals surface area contributed by atoms with Crippen LogP contribution in [0.5, 0.6) is 11.5 Å². The average Bonchev–Trinajstić information content (AvgIpc) is 2.72. The number of amides is 2. The van der Waals surface area contributed by atoms with Crippen LogP contribution < -0.4 is 10.1 Å². The number of carbonyl (C=O) groups is 2. The third-order valence-corrected chi connectivity index (χ3v) is 6.64. The van der Waals surface area contributed by atoms with Gasteiger partial charge in [0.25, 0.3) is 0 Å². The highest BCUT2D eigenvalue weighted by Crippen LogP contribution is 2.39.